The van der Waals surface area contributed by atoms with E-state index >= 15 is 0 Å². The van der Waals surface area contributed by atoms with Crippen LogP contribution in [-0.4, -0.2) is 70.9 Å². The van der Waals surface area contributed by atoms with Crippen LogP contribution in [0.25, 0.3) is 0 Å². The Bertz CT molecular complexity index is 1190. The molecule has 0 radical (unpaired) electrons. The van der Waals surface area contributed by atoms with Crippen molar-refractivity contribution in [2.45, 2.75) is 84.8 Å². The van der Waals surface area contributed by atoms with E-state index < -0.39 is 24.0 Å². The molecular weight excluding hydrogens is 523 g/mol. The van der Waals surface area contributed by atoms with Gasteiger partial charge in [-0.1, -0.05) is 65.8 Å². The molecule has 8 nitrogen and oxygen atoms in total. The third-order valence-electron chi connectivity index (χ3n) is 7.38. The summed E-state index contributed by atoms with van der Waals surface area (Å²) >= 11 is 0. The van der Waals surface area contributed by atoms with Crippen molar-refractivity contribution >= 4 is 17.7 Å². The lowest BCUT2D eigenvalue weighted by molar-refractivity contribution is -0.150. The molecule has 0 heterocycles. The summed E-state index contributed by atoms with van der Waals surface area (Å²) in [5, 5.41) is 13.6. The maximum atomic E-state index is 14.1. The van der Waals surface area contributed by atoms with Crippen LogP contribution < -0.4 is 11.1 Å². The number of aromatic hydroxyl groups is 1. The maximum absolute atomic E-state index is 14.1. The molecule has 0 aromatic heterocycles. The summed E-state index contributed by atoms with van der Waals surface area (Å²) in [7, 11) is 1.60. The number of benzene rings is 2. The maximum Gasteiger partial charge on any atom is 0.246 e. The van der Waals surface area contributed by atoms with Crippen molar-refractivity contribution in [1.82, 2.24) is 15.1 Å². The largest absolute Gasteiger partial charge is 0.508 e. The molecule has 2 rings (SSSR count). The molecule has 0 saturated heterocycles. The number of nitrogens with two attached hydrogens (primary N) is 1. The summed E-state index contributed by atoms with van der Waals surface area (Å²) in [5.41, 5.74) is 7.81. The minimum absolute atomic E-state index is 0.163. The van der Waals surface area contributed by atoms with Crippen LogP contribution in [0.4, 0.5) is 4.39 Å². The van der Waals surface area contributed by atoms with Gasteiger partial charge in [-0.05, 0) is 66.1 Å². The van der Waals surface area contributed by atoms with Crippen molar-refractivity contribution in [2.75, 3.05) is 20.1 Å². The summed E-state index contributed by atoms with van der Waals surface area (Å²) in [6, 6.07) is 8.74. The molecule has 2 aromatic rings. The van der Waals surface area contributed by atoms with Gasteiger partial charge in [0.25, 0.3) is 0 Å². The van der Waals surface area contributed by atoms with Crippen molar-refractivity contribution in [3.63, 3.8) is 0 Å². The molecule has 4 N–H and O–H groups in total. The van der Waals surface area contributed by atoms with Gasteiger partial charge in [-0.2, -0.15) is 0 Å². The average molecular weight is 571 g/mol. The molecule has 3 atom stereocenters. The molecule has 3 amide bonds. The third-order valence-corrected chi connectivity index (χ3v) is 7.38. The molecule has 41 heavy (non-hydrogen) atoms. The normalized spacial score (nSPS) is 13.9. The van der Waals surface area contributed by atoms with E-state index in [4.69, 9.17) is 5.73 Å². The molecule has 9 heteroatoms. The van der Waals surface area contributed by atoms with Crippen molar-refractivity contribution < 1.29 is 23.9 Å². The van der Waals surface area contributed by atoms with Gasteiger partial charge in [0.2, 0.25) is 17.7 Å². The minimum Gasteiger partial charge on any atom is -0.508 e. The van der Waals surface area contributed by atoms with Crippen LogP contribution in [-0.2, 0) is 32.6 Å². The lowest BCUT2D eigenvalue weighted by Gasteiger charge is -2.38. The summed E-state index contributed by atoms with van der Waals surface area (Å²) in [5.74, 6) is -1.74. The number of halogens is 1. The van der Waals surface area contributed by atoms with Crippen LogP contribution >= 0.6 is 0 Å². The van der Waals surface area contributed by atoms with E-state index in [1.165, 1.54) is 21.9 Å². The van der Waals surface area contributed by atoms with Gasteiger partial charge in [0.1, 0.15) is 23.7 Å². The first-order valence-corrected chi connectivity index (χ1v) is 14.3. The summed E-state index contributed by atoms with van der Waals surface area (Å²) in [6.07, 6.45) is 0.500. The second-order valence-electron chi connectivity index (χ2n) is 11.9. The van der Waals surface area contributed by atoms with Gasteiger partial charge in [-0.15, -0.1) is 0 Å². The highest BCUT2D eigenvalue weighted by Crippen LogP contribution is 2.32. The third kappa shape index (κ3) is 8.76. The minimum atomic E-state index is -0.946. The molecule has 2 aromatic carbocycles. The van der Waals surface area contributed by atoms with Gasteiger partial charge in [0.05, 0.1) is 6.04 Å². The van der Waals surface area contributed by atoms with Crippen LogP contribution in [0, 0.1) is 11.7 Å². The SMILES string of the molecule is CCNC(Cc1ccc(F)cc1)C(=O)N(C)C(C(=O)N(CC)C(Cc1ccc(O)c(C(C)(C)C)c1)C(N)=O)C(C)C. The zero-order valence-corrected chi connectivity index (χ0v) is 25.7. The Morgan fingerprint density at radius 1 is 0.976 bits per heavy atom. The second kappa shape index (κ2) is 14.4. The van der Waals surface area contributed by atoms with E-state index in [9.17, 15) is 23.9 Å². The van der Waals surface area contributed by atoms with E-state index in [0.717, 1.165) is 16.7 Å². The highest BCUT2D eigenvalue weighted by Gasteiger charge is 2.38. The van der Waals surface area contributed by atoms with Gasteiger partial charge in [-0.3, -0.25) is 14.4 Å². The predicted molar refractivity (Wildman–Crippen MR) is 160 cm³/mol. The van der Waals surface area contributed by atoms with Crippen molar-refractivity contribution in [3.05, 3.63) is 65.0 Å². The Hall–Kier alpha value is -3.46. The molecule has 3 unspecified atom stereocenters. The van der Waals surface area contributed by atoms with Crippen LogP contribution in [0.3, 0.4) is 0 Å². The van der Waals surface area contributed by atoms with E-state index in [0.29, 0.717) is 13.0 Å². The van der Waals surface area contributed by atoms with Gasteiger partial charge in [0.15, 0.2) is 0 Å². The number of hydrogen-bond donors (Lipinski definition) is 3. The summed E-state index contributed by atoms with van der Waals surface area (Å²) in [6.45, 7) is 14.1. The van der Waals surface area contributed by atoms with Crippen molar-refractivity contribution in [3.8, 4) is 5.75 Å². The zero-order valence-electron chi connectivity index (χ0n) is 25.7. The highest BCUT2D eigenvalue weighted by atomic mass is 19.1. The smallest absolute Gasteiger partial charge is 0.246 e. The first kappa shape index (κ1) is 33.7. The number of primary amides is 1. The van der Waals surface area contributed by atoms with Crippen LogP contribution in [0.1, 0.15) is 65.2 Å². The van der Waals surface area contributed by atoms with E-state index in [-0.39, 0.29) is 47.7 Å². The second-order valence-corrected chi connectivity index (χ2v) is 11.9. The van der Waals surface area contributed by atoms with E-state index in [2.05, 4.69) is 5.32 Å². The van der Waals surface area contributed by atoms with Gasteiger partial charge < -0.3 is 26.0 Å². The fourth-order valence-corrected chi connectivity index (χ4v) is 5.23. The number of phenolic OH excluding ortho intramolecular Hbond substituents is 1. The molecule has 0 spiro atoms. The van der Waals surface area contributed by atoms with Gasteiger partial charge >= 0.3 is 0 Å². The fourth-order valence-electron chi connectivity index (χ4n) is 5.23. The van der Waals surface area contributed by atoms with Gasteiger partial charge in [0, 0.05) is 20.0 Å². The Morgan fingerprint density at radius 2 is 1.56 bits per heavy atom. The predicted octanol–water partition coefficient (Wildman–Crippen LogP) is 3.78. The molecule has 0 fully saturated rings. The molecule has 0 aliphatic rings. The number of phenols is 1. The Balaban J connectivity index is 2.37. The molecule has 226 valence electrons. The standard InChI is InChI=1S/C32H47FN4O4/c1-9-35-25(18-21-11-14-23(33)15-12-21)30(40)36(8)28(20(3)4)31(41)37(10-2)26(29(34)39)19-22-13-16-27(38)24(17-22)32(5,6)7/h11-17,20,25-26,28,35,38H,9-10,18-19H2,1-8H3,(H2,34,39). The number of rotatable bonds is 13. The number of nitrogens with one attached hydrogen (secondary N) is 1. The fraction of sp³-hybridized carbons (Fsp3) is 0.531. The first-order chi connectivity index (χ1) is 19.1. The number of nitrogens with zero attached hydrogens (tertiary/aromatic N) is 2. The summed E-state index contributed by atoms with van der Waals surface area (Å²) < 4.78 is 13.4. The van der Waals surface area contributed by atoms with E-state index in [1.807, 2.05) is 47.6 Å². The summed E-state index contributed by atoms with van der Waals surface area (Å²) in [4.78, 5) is 43.4. The lowest BCUT2D eigenvalue weighted by Crippen LogP contribution is -2.59. The molecule has 0 aliphatic heterocycles. The Labute approximate surface area is 244 Å². The monoisotopic (exact) mass is 570 g/mol. The number of carbonyl (C=O) groups excluding carboxylic acids is 3. The van der Waals surface area contributed by atoms with E-state index in [1.54, 1.807) is 38.2 Å². The average Bonchev–Trinajstić information content (AvgIpc) is 2.89. The molecular formula is C32H47FN4O4. The number of likely N-dealkylation sites (N-methyl/N-ethyl adjacent to an activating group) is 3. The number of amides is 3. The van der Waals surface area contributed by atoms with Crippen LogP contribution in [0.15, 0.2) is 42.5 Å². The molecule has 0 aliphatic carbocycles. The first-order valence-electron chi connectivity index (χ1n) is 14.3. The van der Waals surface area contributed by atoms with Gasteiger partial charge in [-0.25, -0.2) is 4.39 Å². The Morgan fingerprint density at radius 3 is 2.05 bits per heavy atom. The zero-order chi connectivity index (χ0) is 31.1. The topological polar surface area (TPSA) is 116 Å². The lowest BCUT2D eigenvalue weighted by atomic mass is 9.84. The van der Waals surface area contributed by atoms with Crippen LogP contribution in [0.2, 0.25) is 0 Å². The molecule has 0 bridgehead atoms. The van der Waals surface area contributed by atoms with Crippen LogP contribution in [0.5, 0.6) is 5.75 Å². The highest BCUT2D eigenvalue weighted by molar-refractivity contribution is 5.93. The Kier molecular flexibility index (Phi) is 11.9. The number of hydrogen-bond acceptors (Lipinski definition) is 5. The quantitative estimate of drug-likeness (QED) is 0.339. The van der Waals surface area contributed by atoms with Crippen molar-refractivity contribution in [2.24, 2.45) is 11.7 Å². The van der Waals surface area contributed by atoms with Crippen molar-refractivity contribution in [1.29, 1.82) is 0 Å². The molecule has 0 saturated carbocycles. The number of carbonyl (C=O) groups is 3.